The molecule has 0 spiro atoms. The van der Waals surface area contributed by atoms with Crippen LogP contribution in [0.5, 0.6) is 5.75 Å². The monoisotopic (exact) mass is 314 g/mol. The second kappa shape index (κ2) is 7.22. The Morgan fingerprint density at radius 2 is 2.23 bits per heavy atom. The maximum Gasteiger partial charge on any atom is 0.246 e. The molecule has 22 heavy (non-hydrogen) atoms. The maximum absolute atomic E-state index is 12.3. The lowest BCUT2D eigenvalue weighted by atomic mass is 10.1. The van der Waals surface area contributed by atoms with Crippen molar-refractivity contribution in [1.82, 2.24) is 9.88 Å². The van der Waals surface area contributed by atoms with Crippen LogP contribution in [0.4, 0.5) is 0 Å². The summed E-state index contributed by atoms with van der Waals surface area (Å²) in [6, 6.07) is 7.67. The number of nitrogens with zero attached hydrogens (tertiary/aromatic N) is 2. The van der Waals surface area contributed by atoms with E-state index in [1.807, 2.05) is 40.6 Å². The first-order chi connectivity index (χ1) is 10.8. The van der Waals surface area contributed by atoms with Gasteiger partial charge in [0.2, 0.25) is 5.91 Å². The van der Waals surface area contributed by atoms with Crippen molar-refractivity contribution in [3.63, 3.8) is 0 Å². The fourth-order valence-electron chi connectivity index (χ4n) is 2.49. The zero-order valence-corrected chi connectivity index (χ0v) is 13.0. The number of piperidine rings is 1. The van der Waals surface area contributed by atoms with Gasteiger partial charge in [-0.05, 0) is 42.5 Å². The van der Waals surface area contributed by atoms with E-state index in [2.05, 4.69) is 4.98 Å². The first-order valence-corrected chi connectivity index (χ1v) is 8.26. The van der Waals surface area contributed by atoms with Crippen molar-refractivity contribution < 1.29 is 9.53 Å². The van der Waals surface area contributed by atoms with E-state index in [0.717, 1.165) is 30.0 Å². The molecule has 2 aromatic rings. The summed E-state index contributed by atoms with van der Waals surface area (Å²) in [6.45, 7) is 1.43. The van der Waals surface area contributed by atoms with Gasteiger partial charge in [-0.3, -0.25) is 9.78 Å². The standard InChI is InChI=1S/C17H18N2O2S/c20-17(6-5-16-4-2-12-22-16)19-11-1-3-15(13-19)21-14-7-9-18-10-8-14/h2,4-10,12,15H,1,3,11,13H2/b6-5+/t15-/m0/s1. The van der Waals surface area contributed by atoms with Crippen molar-refractivity contribution in [3.05, 3.63) is 53.0 Å². The van der Waals surface area contributed by atoms with Crippen LogP contribution in [-0.2, 0) is 4.79 Å². The minimum atomic E-state index is 0.0511. The fraction of sp³-hybridized carbons (Fsp3) is 0.294. The molecule has 0 aromatic carbocycles. The van der Waals surface area contributed by atoms with Gasteiger partial charge in [-0.15, -0.1) is 11.3 Å². The lowest BCUT2D eigenvalue weighted by molar-refractivity contribution is -0.128. The summed E-state index contributed by atoms with van der Waals surface area (Å²) in [7, 11) is 0. The number of ether oxygens (including phenoxy) is 1. The Bertz CT molecular complexity index is 625. The maximum atomic E-state index is 12.3. The molecule has 1 amide bonds. The first kappa shape index (κ1) is 14.8. The van der Waals surface area contributed by atoms with Crippen molar-refractivity contribution in [3.8, 4) is 5.75 Å². The van der Waals surface area contributed by atoms with Gasteiger partial charge >= 0.3 is 0 Å². The normalized spacial score (nSPS) is 18.5. The van der Waals surface area contributed by atoms with E-state index in [9.17, 15) is 4.79 Å². The molecule has 1 aliphatic heterocycles. The Balaban J connectivity index is 1.57. The topological polar surface area (TPSA) is 42.4 Å². The summed E-state index contributed by atoms with van der Waals surface area (Å²) < 4.78 is 5.93. The Kier molecular flexibility index (Phi) is 4.85. The van der Waals surface area contributed by atoms with E-state index in [0.29, 0.717) is 6.54 Å². The molecule has 1 fully saturated rings. The lowest BCUT2D eigenvalue weighted by Gasteiger charge is -2.32. The highest BCUT2D eigenvalue weighted by Crippen LogP contribution is 2.18. The third-order valence-electron chi connectivity index (χ3n) is 3.58. The third-order valence-corrected chi connectivity index (χ3v) is 4.41. The second-order valence-electron chi connectivity index (χ2n) is 5.20. The summed E-state index contributed by atoms with van der Waals surface area (Å²) in [5, 5.41) is 2.00. The van der Waals surface area contributed by atoms with Crippen molar-refractivity contribution in [2.75, 3.05) is 13.1 Å². The van der Waals surface area contributed by atoms with Gasteiger partial charge < -0.3 is 9.64 Å². The summed E-state index contributed by atoms with van der Waals surface area (Å²) in [6.07, 6.45) is 8.95. The Morgan fingerprint density at radius 3 is 3.00 bits per heavy atom. The van der Waals surface area contributed by atoms with Crippen LogP contribution in [0.2, 0.25) is 0 Å². The van der Waals surface area contributed by atoms with Gasteiger partial charge in [-0.25, -0.2) is 0 Å². The predicted molar refractivity (Wildman–Crippen MR) is 87.8 cm³/mol. The zero-order valence-electron chi connectivity index (χ0n) is 12.2. The molecule has 0 bridgehead atoms. The van der Waals surface area contributed by atoms with Gasteiger partial charge in [0.15, 0.2) is 0 Å². The average molecular weight is 314 g/mol. The number of carbonyl (C=O) groups excluding carboxylic acids is 1. The SMILES string of the molecule is O=C(/C=C/c1cccs1)N1CCC[C@H](Oc2ccncc2)C1. The van der Waals surface area contributed by atoms with Crippen molar-refractivity contribution in [1.29, 1.82) is 0 Å². The van der Waals surface area contributed by atoms with Crippen LogP contribution in [0.1, 0.15) is 17.7 Å². The van der Waals surface area contributed by atoms with E-state index in [1.165, 1.54) is 0 Å². The molecule has 5 heteroatoms. The number of carbonyl (C=O) groups is 1. The second-order valence-corrected chi connectivity index (χ2v) is 6.18. The van der Waals surface area contributed by atoms with E-state index in [-0.39, 0.29) is 12.0 Å². The summed E-state index contributed by atoms with van der Waals surface area (Å²) in [4.78, 5) is 19.2. The Labute approximate surface area is 134 Å². The summed E-state index contributed by atoms with van der Waals surface area (Å²) >= 11 is 1.63. The molecule has 3 rings (SSSR count). The minimum absolute atomic E-state index is 0.0511. The van der Waals surface area contributed by atoms with E-state index in [4.69, 9.17) is 4.74 Å². The molecule has 114 valence electrons. The lowest BCUT2D eigenvalue weighted by Crippen LogP contribution is -2.43. The van der Waals surface area contributed by atoms with Crippen LogP contribution in [-0.4, -0.2) is 35.0 Å². The third kappa shape index (κ3) is 3.95. The molecular weight excluding hydrogens is 296 g/mol. The van der Waals surface area contributed by atoms with Gasteiger partial charge in [-0.2, -0.15) is 0 Å². The van der Waals surface area contributed by atoms with E-state index in [1.54, 1.807) is 29.8 Å². The summed E-state index contributed by atoms with van der Waals surface area (Å²) in [5.74, 6) is 0.861. The number of amides is 1. The molecule has 2 aromatic heterocycles. The highest BCUT2D eigenvalue weighted by atomic mass is 32.1. The number of rotatable bonds is 4. The zero-order chi connectivity index (χ0) is 15.2. The number of likely N-dealkylation sites (tertiary alicyclic amines) is 1. The van der Waals surface area contributed by atoms with Crippen LogP contribution in [0.15, 0.2) is 48.1 Å². The number of aromatic nitrogens is 1. The quantitative estimate of drug-likeness (QED) is 0.814. The van der Waals surface area contributed by atoms with Crippen LogP contribution >= 0.6 is 11.3 Å². The van der Waals surface area contributed by atoms with Crippen LogP contribution in [0.3, 0.4) is 0 Å². The van der Waals surface area contributed by atoms with Crippen molar-refractivity contribution >= 4 is 23.3 Å². The Hall–Kier alpha value is -2.14. The molecule has 1 saturated heterocycles. The minimum Gasteiger partial charge on any atom is -0.488 e. The molecule has 0 N–H and O–H groups in total. The molecule has 0 radical (unpaired) electrons. The predicted octanol–water partition coefficient (Wildman–Crippen LogP) is 3.23. The smallest absolute Gasteiger partial charge is 0.246 e. The van der Waals surface area contributed by atoms with Gasteiger partial charge in [0, 0.05) is 29.9 Å². The molecule has 0 aliphatic carbocycles. The average Bonchev–Trinajstić information content (AvgIpc) is 3.07. The first-order valence-electron chi connectivity index (χ1n) is 7.38. The highest BCUT2D eigenvalue weighted by molar-refractivity contribution is 7.10. The van der Waals surface area contributed by atoms with Crippen molar-refractivity contribution in [2.45, 2.75) is 18.9 Å². The van der Waals surface area contributed by atoms with E-state index >= 15 is 0 Å². The number of pyridine rings is 1. The number of hydrogen-bond donors (Lipinski definition) is 0. The van der Waals surface area contributed by atoms with Crippen molar-refractivity contribution in [2.24, 2.45) is 0 Å². The van der Waals surface area contributed by atoms with Crippen LogP contribution < -0.4 is 4.74 Å². The van der Waals surface area contributed by atoms with Gasteiger partial charge in [0.05, 0.1) is 6.54 Å². The molecule has 4 nitrogen and oxygen atoms in total. The Morgan fingerprint density at radius 1 is 1.36 bits per heavy atom. The van der Waals surface area contributed by atoms with Crippen LogP contribution in [0.25, 0.3) is 6.08 Å². The summed E-state index contributed by atoms with van der Waals surface area (Å²) in [5.41, 5.74) is 0. The molecule has 1 atom stereocenters. The molecular formula is C17H18N2O2S. The molecule has 0 unspecified atom stereocenters. The fourth-order valence-corrected chi connectivity index (χ4v) is 3.11. The highest BCUT2D eigenvalue weighted by Gasteiger charge is 2.23. The molecule has 0 saturated carbocycles. The molecule has 1 aliphatic rings. The largest absolute Gasteiger partial charge is 0.488 e. The van der Waals surface area contributed by atoms with Crippen LogP contribution in [0, 0.1) is 0 Å². The van der Waals surface area contributed by atoms with Gasteiger partial charge in [0.1, 0.15) is 11.9 Å². The number of thiophene rings is 1. The van der Waals surface area contributed by atoms with Gasteiger partial charge in [-0.1, -0.05) is 6.07 Å². The molecule has 3 heterocycles. The van der Waals surface area contributed by atoms with E-state index < -0.39 is 0 Å². The van der Waals surface area contributed by atoms with Gasteiger partial charge in [0.25, 0.3) is 0 Å². The number of hydrogen-bond acceptors (Lipinski definition) is 4.